The number of alkyl halides is 1. The number of benzene rings is 2. The van der Waals surface area contributed by atoms with Crippen LogP contribution in [-0.4, -0.2) is 28.7 Å². The van der Waals surface area contributed by atoms with Gasteiger partial charge in [-0.1, -0.05) is 34.1 Å². The first kappa shape index (κ1) is 21.0. The number of rotatable bonds is 5. The average Bonchev–Trinajstić information content (AvgIpc) is 3.19. The third-order valence-corrected chi connectivity index (χ3v) is 6.73. The Bertz CT molecular complexity index is 1360. The van der Waals surface area contributed by atoms with Gasteiger partial charge in [-0.25, -0.2) is 4.79 Å². The smallest absolute Gasteiger partial charge is 0.341 e. The van der Waals surface area contributed by atoms with E-state index in [-0.39, 0.29) is 5.39 Å². The molecule has 0 aliphatic rings. The summed E-state index contributed by atoms with van der Waals surface area (Å²) in [4.78, 5) is 39.3. The van der Waals surface area contributed by atoms with E-state index in [1.807, 2.05) is 24.3 Å². The van der Waals surface area contributed by atoms with Gasteiger partial charge in [-0.05, 0) is 47.5 Å². The Morgan fingerprint density at radius 2 is 1.77 bits per heavy atom. The summed E-state index contributed by atoms with van der Waals surface area (Å²) in [7, 11) is 1.58. The first-order valence-corrected chi connectivity index (χ1v) is 11.1. The molecule has 0 amide bonds. The standard InChI is InChI=1S/C23H16BrNO5S/c1-30-15-9-7-13(8-10-15)20-16(11-24)18-19(26)17(23(28)29)12-25(22(18)31-20)21(27)14-5-3-2-4-6-14/h2-10,12H,11H2,1H3,(H,28,29). The van der Waals surface area contributed by atoms with Gasteiger partial charge in [0.1, 0.15) is 16.1 Å². The zero-order valence-electron chi connectivity index (χ0n) is 16.3. The van der Waals surface area contributed by atoms with Gasteiger partial charge in [0.05, 0.1) is 12.5 Å². The number of methoxy groups -OCH3 is 1. The maximum absolute atomic E-state index is 13.2. The molecule has 0 radical (unpaired) electrons. The molecule has 0 spiro atoms. The van der Waals surface area contributed by atoms with Crippen LogP contribution in [0.15, 0.2) is 65.6 Å². The number of halogens is 1. The molecule has 31 heavy (non-hydrogen) atoms. The van der Waals surface area contributed by atoms with Crippen molar-refractivity contribution in [2.75, 3.05) is 7.11 Å². The highest BCUT2D eigenvalue weighted by molar-refractivity contribution is 9.08. The normalized spacial score (nSPS) is 10.9. The molecule has 0 unspecified atom stereocenters. The lowest BCUT2D eigenvalue weighted by Crippen LogP contribution is -2.22. The fourth-order valence-corrected chi connectivity index (χ4v) is 5.41. The van der Waals surface area contributed by atoms with Crippen molar-refractivity contribution < 1.29 is 19.4 Å². The van der Waals surface area contributed by atoms with Crippen LogP contribution in [0.2, 0.25) is 0 Å². The van der Waals surface area contributed by atoms with Crippen LogP contribution in [0, 0.1) is 0 Å². The van der Waals surface area contributed by atoms with Gasteiger partial charge in [-0.15, -0.1) is 11.3 Å². The number of aromatic carboxylic acids is 1. The van der Waals surface area contributed by atoms with Crippen molar-refractivity contribution in [1.82, 2.24) is 4.57 Å². The number of hydrogen-bond acceptors (Lipinski definition) is 5. The molecule has 2 aromatic heterocycles. The Hall–Kier alpha value is -3.23. The zero-order valence-corrected chi connectivity index (χ0v) is 18.7. The Labute approximate surface area is 189 Å². The van der Waals surface area contributed by atoms with E-state index in [9.17, 15) is 19.5 Å². The number of carboxylic acid groups (broad SMARTS) is 1. The molecule has 0 aliphatic heterocycles. The number of carbonyl (C=O) groups excluding carboxylic acids is 1. The van der Waals surface area contributed by atoms with Crippen molar-refractivity contribution in [1.29, 1.82) is 0 Å². The van der Waals surface area contributed by atoms with Crippen molar-refractivity contribution in [2.45, 2.75) is 5.33 Å². The average molecular weight is 498 g/mol. The van der Waals surface area contributed by atoms with E-state index in [1.165, 1.54) is 15.9 Å². The molecule has 2 heterocycles. The van der Waals surface area contributed by atoms with Crippen LogP contribution in [0.4, 0.5) is 0 Å². The SMILES string of the molecule is COc1ccc(-c2sc3c(c2CBr)c(=O)c(C(=O)O)cn3C(=O)c2ccccc2)cc1. The summed E-state index contributed by atoms with van der Waals surface area (Å²) in [5.74, 6) is -1.09. The van der Waals surface area contributed by atoms with Crippen molar-refractivity contribution in [3.8, 4) is 16.2 Å². The molecule has 0 saturated carbocycles. The summed E-state index contributed by atoms with van der Waals surface area (Å²) in [5, 5.41) is 10.2. The molecule has 4 rings (SSSR count). The lowest BCUT2D eigenvalue weighted by Gasteiger charge is -2.08. The molecule has 6 nitrogen and oxygen atoms in total. The molecule has 0 aliphatic carbocycles. The number of carbonyl (C=O) groups is 2. The summed E-state index contributed by atoms with van der Waals surface area (Å²) in [5.41, 5.74) is 0.825. The number of hydrogen-bond donors (Lipinski definition) is 1. The highest BCUT2D eigenvalue weighted by atomic mass is 79.9. The third-order valence-electron chi connectivity index (χ3n) is 4.89. The molecule has 156 valence electrons. The van der Waals surface area contributed by atoms with Gasteiger partial charge in [0.25, 0.3) is 5.91 Å². The van der Waals surface area contributed by atoms with E-state index in [4.69, 9.17) is 4.74 Å². The van der Waals surface area contributed by atoms with Crippen molar-refractivity contribution >= 4 is 49.4 Å². The predicted octanol–water partition coefficient (Wildman–Crippen LogP) is 5.02. The number of aromatic nitrogens is 1. The predicted molar refractivity (Wildman–Crippen MR) is 124 cm³/mol. The number of carboxylic acids is 1. The topological polar surface area (TPSA) is 85.6 Å². The molecular weight excluding hydrogens is 482 g/mol. The Kier molecular flexibility index (Phi) is 5.75. The van der Waals surface area contributed by atoms with Gasteiger partial charge in [0.15, 0.2) is 0 Å². The van der Waals surface area contributed by atoms with Gasteiger partial charge in [0.2, 0.25) is 5.43 Å². The summed E-state index contributed by atoms with van der Waals surface area (Å²) in [6.45, 7) is 0. The minimum atomic E-state index is -1.38. The Balaban J connectivity index is 2.05. The van der Waals surface area contributed by atoms with Gasteiger partial charge in [0, 0.05) is 22.0 Å². The van der Waals surface area contributed by atoms with Crippen LogP contribution < -0.4 is 10.2 Å². The Morgan fingerprint density at radius 1 is 1.10 bits per heavy atom. The molecule has 2 aromatic carbocycles. The summed E-state index contributed by atoms with van der Waals surface area (Å²) in [6, 6.07) is 15.9. The van der Waals surface area contributed by atoms with Crippen LogP contribution in [0.25, 0.3) is 20.7 Å². The first-order valence-electron chi connectivity index (χ1n) is 9.20. The second-order valence-electron chi connectivity index (χ2n) is 6.67. The van der Waals surface area contributed by atoms with E-state index in [2.05, 4.69) is 15.9 Å². The second kappa shape index (κ2) is 8.49. The molecule has 0 bridgehead atoms. The van der Waals surface area contributed by atoms with E-state index in [1.54, 1.807) is 37.4 Å². The quantitative estimate of drug-likeness (QED) is 0.391. The van der Waals surface area contributed by atoms with Crippen molar-refractivity contribution in [2.24, 2.45) is 0 Å². The molecule has 4 aromatic rings. The van der Waals surface area contributed by atoms with E-state index in [0.29, 0.717) is 27.0 Å². The zero-order chi connectivity index (χ0) is 22.1. The number of ether oxygens (including phenoxy) is 1. The van der Waals surface area contributed by atoms with Gasteiger partial charge >= 0.3 is 5.97 Å². The number of pyridine rings is 1. The number of fused-ring (bicyclic) bond motifs is 1. The molecule has 0 saturated heterocycles. The van der Waals surface area contributed by atoms with Crippen molar-refractivity contribution in [3.63, 3.8) is 0 Å². The second-order valence-corrected chi connectivity index (χ2v) is 8.23. The largest absolute Gasteiger partial charge is 0.497 e. The fourth-order valence-electron chi connectivity index (χ4n) is 3.36. The van der Waals surface area contributed by atoms with E-state index < -0.39 is 22.9 Å². The lowest BCUT2D eigenvalue weighted by atomic mass is 10.1. The van der Waals surface area contributed by atoms with Gasteiger partial charge < -0.3 is 9.84 Å². The molecule has 0 atom stereocenters. The lowest BCUT2D eigenvalue weighted by molar-refractivity contribution is 0.0695. The van der Waals surface area contributed by atoms with Crippen molar-refractivity contribution in [3.05, 3.63) is 87.7 Å². The number of nitrogens with zero attached hydrogens (tertiary/aromatic N) is 1. The minimum Gasteiger partial charge on any atom is -0.497 e. The maximum atomic E-state index is 13.2. The van der Waals surface area contributed by atoms with E-state index >= 15 is 0 Å². The molecule has 1 N–H and O–H groups in total. The summed E-state index contributed by atoms with van der Waals surface area (Å²) in [6.07, 6.45) is 1.12. The number of thiophene rings is 1. The van der Waals surface area contributed by atoms with Crippen LogP contribution in [0.1, 0.15) is 26.3 Å². The molecule has 0 fully saturated rings. The van der Waals surface area contributed by atoms with Gasteiger partial charge in [-0.3, -0.25) is 14.2 Å². The van der Waals surface area contributed by atoms with Crippen LogP contribution in [-0.2, 0) is 5.33 Å². The fraction of sp³-hybridized carbons (Fsp3) is 0.0870. The van der Waals surface area contributed by atoms with E-state index in [0.717, 1.165) is 16.6 Å². The van der Waals surface area contributed by atoms with Gasteiger partial charge in [-0.2, -0.15) is 0 Å². The van der Waals surface area contributed by atoms with Crippen LogP contribution >= 0.6 is 27.3 Å². The summed E-state index contributed by atoms with van der Waals surface area (Å²) >= 11 is 4.72. The van der Waals surface area contributed by atoms with Crippen LogP contribution in [0.3, 0.4) is 0 Å². The first-order chi connectivity index (χ1) is 15.0. The highest BCUT2D eigenvalue weighted by Crippen LogP contribution is 2.39. The van der Waals surface area contributed by atoms with Crippen LogP contribution in [0.5, 0.6) is 5.75 Å². The maximum Gasteiger partial charge on any atom is 0.341 e. The highest BCUT2D eigenvalue weighted by Gasteiger charge is 2.25. The third kappa shape index (κ3) is 3.68. The molecule has 8 heteroatoms. The summed E-state index contributed by atoms with van der Waals surface area (Å²) < 4.78 is 6.47. The monoisotopic (exact) mass is 497 g/mol. The molecular formula is C23H16BrNO5S. The Morgan fingerprint density at radius 3 is 2.35 bits per heavy atom. The minimum absolute atomic E-state index is 0.233.